The predicted molar refractivity (Wildman–Crippen MR) is 118 cm³/mol. The molecule has 0 radical (unpaired) electrons. The molecule has 4 heterocycles. The van der Waals surface area contributed by atoms with Gasteiger partial charge in [0.15, 0.2) is 22.9 Å². The average molecular weight is 454 g/mol. The maximum absolute atomic E-state index is 13.2. The zero-order valence-electron chi connectivity index (χ0n) is 17.6. The summed E-state index contributed by atoms with van der Waals surface area (Å²) in [7, 11) is 0. The molecular weight excluding hydrogens is 434 g/mol. The van der Waals surface area contributed by atoms with Crippen molar-refractivity contribution in [2.24, 2.45) is 5.92 Å². The number of hydrogen-bond acceptors (Lipinski definition) is 8. The van der Waals surface area contributed by atoms with Crippen LogP contribution in [0.4, 0.5) is 0 Å². The van der Waals surface area contributed by atoms with Crippen LogP contribution in [0, 0.1) is 5.92 Å². The maximum Gasteiger partial charge on any atom is 0.322 e. The standard InChI is InChI=1S/C22H20ClN5O4/c1-4-32-22(31)15(19(29)11(2)3)18-16-17(25-10-9-24-16)21(30)28(18)14-8-6-12-5-7-13(23)26-20(12)27-14/h5-11,15,30H,4H2,1-3H3. The Hall–Kier alpha value is -3.59. The lowest BCUT2D eigenvalue weighted by Crippen LogP contribution is -2.29. The van der Waals surface area contributed by atoms with Crippen LogP contribution in [0.15, 0.2) is 36.7 Å². The molecule has 0 amide bonds. The summed E-state index contributed by atoms with van der Waals surface area (Å²) in [6.07, 6.45) is 2.84. The highest BCUT2D eigenvalue weighted by Gasteiger charge is 2.38. The molecule has 0 aliphatic heterocycles. The van der Waals surface area contributed by atoms with E-state index in [2.05, 4.69) is 19.9 Å². The fourth-order valence-corrected chi connectivity index (χ4v) is 3.67. The summed E-state index contributed by atoms with van der Waals surface area (Å²) >= 11 is 6.01. The van der Waals surface area contributed by atoms with Crippen LogP contribution in [-0.2, 0) is 14.3 Å². The molecule has 0 saturated carbocycles. The molecule has 0 saturated heterocycles. The van der Waals surface area contributed by atoms with Gasteiger partial charge in [-0.05, 0) is 31.2 Å². The van der Waals surface area contributed by atoms with Crippen molar-refractivity contribution in [3.05, 3.63) is 47.5 Å². The molecule has 4 aromatic rings. The summed E-state index contributed by atoms with van der Waals surface area (Å²) in [5.74, 6) is -3.00. The normalized spacial score (nSPS) is 12.4. The summed E-state index contributed by atoms with van der Waals surface area (Å²) in [5.41, 5.74) is 0.811. The molecule has 0 aliphatic rings. The second kappa shape index (κ2) is 8.51. The average Bonchev–Trinajstić information content (AvgIpc) is 3.06. The van der Waals surface area contributed by atoms with Crippen molar-refractivity contribution in [1.82, 2.24) is 24.5 Å². The number of esters is 1. The lowest BCUT2D eigenvalue weighted by Gasteiger charge is -2.19. The number of carbonyl (C=O) groups excluding carboxylic acids is 2. The number of halogens is 1. The van der Waals surface area contributed by atoms with E-state index in [1.54, 1.807) is 45.0 Å². The van der Waals surface area contributed by atoms with Gasteiger partial charge in [0.25, 0.3) is 0 Å². The summed E-state index contributed by atoms with van der Waals surface area (Å²) < 4.78 is 6.51. The molecule has 1 atom stereocenters. The van der Waals surface area contributed by atoms with E-state index in [9.17, 15) is 14.7 Å². The largest absolute Gasteiger partial charge is 0.493 e. The van der Waals surface area contributed by atoms with Crippen molar-refractivity contribution < 1.29 is 19.4 Å². The number of pyridine rings is 2. The molecule has 9 nitrogen and oxygen atoms in total. The third kappa shape index (κ3) is 3.64. The van der Waals surface area contributed by atoms with Crippen LogP contribution >= 0.6 is 11.6 Å². The van der Waals surface area contributed by atoms with Gasteiger partial charge in [0, 0.05) is 23.7 Å². The van der Waals surface area contributed by atoms with Crippen molar-refractivity contribution in [3.63, 3.8) is 0 Å². The number of carbonyl (C=O) groups is 2. The highest BCUT2D eigenvalue weighted by Crippen LogP contribution is 2.37. The van der Waals surface area contributed by atoms with Crippen LogP contribution in [0.25, 0.3) is 27.9 Å². The first kappa shape index (κ1) is 21.6. The van der Waals surface area contributed by atoms with E-state index < -0.39 is 17.8 Å². The maximum atomic E-state index is 13.2. The van der Waals surface area contributed by atoms with Crippen molar-refractivity contribution >= 4 is 45.4 Å². The third-order valence-electron chi connectivity index (χ3n) is 4.99. The first-order chi connectivity index (χ1) is 15.3. The number of aromatic hydroxyl groups is 1. The van der Waals surface area contributed by atoms with Crippen LogP contribution in [0.2, 0.25) is 5.15 Å². The number of hydrogen-bond donors (Lipinski definition) is 1. The van der Waals surface area contributed by atoms with Crippen LogP contribution in [0.1, 0.15) is 32.4 Å². The van der Waals surface area contributed by atoms with Crippen molar-refractivity contribution in [3.8, 4) is 11.7 Å². The number of nitrogens with zero attached hydrogens (tertiary/aromatic N) is 5. The van der Waals surface area contributed by atoms with Gasteiger partial charge in [-0.15, -0.1) is 0 Å². The van der Waals surface area contributed by atoms with Crippen molar-refractivity contribution in [1.29, 1.82) is 0 Å². The van der Waals surface area contributed by atoms with Gasteiger partial charge in [0.05, 0.1) is 12.3 Å². The van der Waals surface area contributed by atoms with E-state index in [4.69, 9.17) is 16.3 Å². The van der Waals surface area contributed by atoms with Gasteiger partial charge in [-0.2, -0.15) is 0 Å². The molecule has 0 aliphatic carbocycles. The van der Waals surface area contributed by atoms with Crippen LogP contribution in [-0.4, -0.2) is 48.0 Å². The molecular formula is C22H20ClN5O4. The minimum Gasteiger partial charge on any atom is -0.493 e. The summed E-state index contributed by atoms with van der Waals surface area (Å²) in [6.45, 7) is 5.13. The van der Waals surface area contributed by atoms with E-state index in [-0.39, 0.29) is 46.0 Å². The highest BCUT2D eigenvalue weighted by molar-refractivity contribution is 6.29. The number of Topliss-reactive ketones (excluding diaryl/α,β-unsaturated/α-hetero) is 1. The van der Waals surface area contributed by atoms with Crippen molar-refractivity contribution in [2.45, 2.75) is 26.7 Å². The summed E-state index contributed by atoms with van der Waals surface area (Å²) in [4.78, 5) is 43.3. The molecule has 0 spiro atoms. The number of fused-ring (bicyclic) bond motifs is 2. The molecule has 4 rings (SSSR count). The number of ether oxygens (including phenoxy) is 1. The zero-order chi connectivity index (χ0) is 23.0. The Labute approximate surface area is 188 Å². The van der Waals surface area contributed by atoms with Gasteiger partial charge in [-0.3, -0.25) is 19.1 Å². The molecule has 32 heavy (non-hydrogen) atoms. The second-order valence-corrected chi connectivity index (χ2v) is 7.78. The Kier molecular flexibility index (Phi) is 5.75. The summed E-state index contributed by atoms with van der Waals surface area (Å²) in [5, 5.41) is 12.0. The molecule has 1 unspecified atom stereocenters. The molecule has 10 heteroatoms. The predicted octanol–water partition coefficient (Wildman–Crippen LogP) is 3.59. The van der Waals surface area contributed by atoms with Crippen LogP contribution in [0.3, 0.4) is 0 Å². The lowest BCUT2D eigenvalue weighted by molar-refractivity contribution is -0.148. The molecule has 164 valence electrons. The molecule has 0 aromatic carbocycles. The van der Waals surface area contributed by atoms with E-state index in [1.165, 1.54) is 17.0 Å². The van der Waals surface area contributed by atoms with E-state index in [0.29, 0.717) is 5.65 Å². The number of aromatic nitrogens is 5. The van der Waals surface area contributed by atoms with Gasteiger partial charge in [0.2, 0.25) is 5.88 Å². The fourth-order valence-electron chi connectivity index (χ4n) is 3.52. The van der Waals surface area contributed by atoms with E-state index >= 15 is 0 Å². The van der Waals surface area contributed by atoms with Crippen LogP contribution < -0.4 is 0 Å². The Morgan fingerprint density at radius 2 is 1.78 bits per heavy atom. The van der Waals surface area contributed by atoms with Gasteiger partial charge in [-0.25, -0.2) is 15.0 Å². The minimum atomic E-state index is -1.33. The van der Waals surface area contributed by atoms with Gasteiger partial charge in [0.1, 0.15) is 16.5 Å². The van der Waals surface area contributed by atoms with Crippen LogP contribution in [0.5, 0.6) is 5.88 Å². The topological polar surface area (TPSA) is 120 Å². The SMILES string of the molecule is CCOC(=O)C(C(=O)C(C)C)c1c2nccnc2c(O)n1-c1ccc2ccc(Cl)nc2n1. The number of rotatable bonds is 6. The van der Waals surface area contributed by atoms with E-state index in [0.717, 1.165) is 5.39 Å². The Balaban J connectivity index is 2.05. The third-order valence-corrected chi connectivity index (χ3v) is 5.20. The first-order valence-corrected chi connectivity index (χ1v) is 10.4. The smallest absolute Gasteiger partial charge is 0.322 e. The van der Waals surface area contributed by atoms with Crippen molar-refractivity contribution in [2.75, 3.05) is 6.61 Å². The number of ketones is 1. The van der Waals surface area contributed by atoms with Gasteiger partial charge >= 0.3 is 5.97 Å². The van der Waals surface area contributed by atoms with Gasteiger partial charge in [-0.1, -0.05) is 25.4 Å². The molecule has 4 aromatic heterocycles. The Bertz CT molecular complexity index is 1350. The Morgan fingerprint density at radius 1 is 1.09 bits per heavy atom. The first-order valence-electron chi connectivity index (χ1n) is 10.0. The quantitative estimate of drug-likeness (QED) is 0.267. The van der Waals surface area contributed by atoms with E-state index in [1.807, 2.05) is 0 Å². The lowest BCUT2D eigenvalue weighted by atomic mass is 9.91. The highest BCUT2D eigenvalue weighted by atomic mass is 35.5. The molecule has 0 bridgehead atoms. The second-order valence-electron chi connectivity index (χ2n) is 7.39. The summed E-state index contributed by atoms with van der Waals surface area (Å²) in [6, 6.07) is 6.80. The zero-order valence-corrected chi connectivity index (χ0v) is 18.4. The fraction of sp³-hybridized carbons (Fsp3) is 0.273. The molecule has 0 fully saturated rings. The molecule has 1 N–H and O–H groups in total. The monoisotopic (exact) mass is 453 g/mol. The Morgan fingerprint density at radius 3 is 2.47 bits per heavy atom. The van der Waals surface area contributed by atoms with Gasteiger partial charge < -0.3 is 9.84 Å². The minimum absolute atomic E-state index is 0.0909.